The van der Waals surface area contributed by atoms with Gasteiger partial charge in [0.2, 0.25) is 17.9 Å². The Labute approximate surface area is 240 Å². The normalized spacial score (nSPS) is 19.2. The summed E-state index contributed by atoms with van der Waals surface area (Å²) in [5.74, 6) is -6.52. The summed E-state index contributed by atoms with van der Waals surface area (Å²) >= 11 is 5.99. The Morgan fingerprint density at radius 2 is 1.79 bits per heavy atom. The van der Waals surface area contributed by atoms with Crippen LogP contribution in [0, 0.1) is 22.9 Å². The number of carboxylic acid groups (broad SMARTS) is 1. The molecule has 0 bridgehead atoms. The molecule has 3 heterocycles. The van der Waals surface area contributed by atoms with Crippen molar-refractivity contribution >= 4 is 29.3 Å². The number of rotatable bonds is 6. The van der Waals surface area contributed by atoms with E-state index < -0.39 is 58.7 Å². The largest absolute Gasteiger partial charge is 0.480 e. The second-order valence-corrected chi connectivity index (χ2v) is 10.8. The molecular weight excluding hydrogens is 592 g/mol. The van der Waals surface area contributed by atoms with E-state index in [2.05, 4.69) is 15.3 Å². The molecule has 15 heteroatoms. The van der Waals surface area contributed by atoms with E-state index in [1.165, 1.54) is 6.07 Å². The maximum Gasteiger partial charge on any atom is 0.429 e. The van der Waals surface area contributed by atoms with Crippen LogP contribution in [0.1, 0.15) is 30.9 Å². The van der Waals surface area contributed by atoms with E-state index in [1.807, 2.05) is 0 Å². The lowest BCUT2D eigenvalue weighted by Gasteiger charge is -2.39. The molecule has 42 heavy (non-hydrogen) atoms. The number of nitrogens with zero attached hydrogens (tertiary/aromatic N) is 3. The zero-order chi connectivity index (χ0) is 30.4. The van der Waals surface area contributed by atoms with E-state index in [9.17, 15) is 36.2 Å². The Balaban J connectivity index is 1.44. The summed E-state index contributed by atoms with van der Waals surface area (Å²) in [7, 11) is 0. The van der Waals surface area contributed by atoms with Crippen molar-refractivity contribution in [2.45, 2.75) is 37.6 Å². The van der Waals surface area contributed by atoms with Crippen LogP contribution in [0.2, 0.25) is 5.02 Å². The standard InChI is InChI=1S/C27H24ClF6N5O3/c28-14-1-2-15(16(9-14)13-7-17(29)22(31)18(30)8-13)23(27(32,33)34)42-21-10-20(37-25(35)38-21)39-5-3-26(4-6-39)11-19(24(40)41)36-12-26/h1-2,7-10,19,23,36H,3-6,11-12H2,(H,40,41)(H2,35,37,38)/t19-,23?/m0/s1. The highest BCUT2D eigenvalue weighted by atomic mass is 35.5. The molecule has 2 aliphatic heterocycles. The van der Waals surface area contributed by atoms with E-state index in [0.29, 0.717) is 51.0 Å². The number of carbonyl (C=O) groups is 1. The fraction of sp³-hybridized carbons (Fsp3) is 0.370. The van der Waals surface area contributed by atoms with Gasteiger partial charge in [0.1, 0.15) is 11.9 Å². The van der Waals surface area contributed by atoms with Crippen molar-refractivity contribution in [1.82, 2.24) is 15.3 Å². The van der Waals surface area contributed by atoms with Gasteiger partial charge in [-0.3, -0.25) is 4.79 Å². The van der Waals surface area contributed by atoms with E-state index in [-0.39, 0.29) is 27.8 Å². The molecule has 3 aromatic rings. The van der Waals surface area contributed by atoms with Crippen molar-refractivity contribution in [3.63, 3.8) is 0 Å². The Morgan fingerprint density at radius 1 is 1.12 bits per heavy atom. The number of alkyl halides is 3. The summed E-state index contributed by atoms with van der Waals surface area (Å²) in [6, 6.07) is 4.88. The highest BCUT2D eigenvalue weighted by Crippen LogP contribution is 2.43. The third-order valence-corrected chi connectivity index (χ3v) is 7.88. The Morgan fingerprint density at radius 3 is 2.38 bits per heavy atom. The third kappa shape index (κ3) is 6.04. The summed E-state index contributed by atoms with van der Waals surface area (Å²) in [4.78, 5) is 21.1. The minimum absolute atomic E-state index is 0.0385. The molecule has 0 amide bonds. The molecule has 224 valence electrons. The van der Waals surface area contributed by atoms with Crippen LogP contribution in [0.3, 0.4) is 0 Å². The minimum atomic E-state index is -5.05. The lowest BCUT2D eigenvalue weighted by molar-refractivity contribution is -0.198. The summed E-state index contributed by atoms with van der Waals surface area (Å²) in [6.45, 7) is 1.42. The first-order valence-electron chi connectivity index (χ1n) is 12.8. The molecule has 0 radical (unpaired) electrons. The lowest BCUT2D eigenvalue weighted by atomic mass is 9.76. The van der Waals surface area contributed by atoms with Crippen molar-refractivity contribution in [2.24, 2.45) is 5.41 Å². The SMILES string of the molecule is Nc1nc(OC(c2ccc(Cl)cc2-c2cc(F)c(F)c(F)c2)C(F)(F)F)cc(N2CCC3(CC2)CN[C@H](C(=O)O)C3)n1. The number of halogens is 7. The van der Waals surface area contributed by atoms with E-state index in [4.69, 9.17) is 22.1 Å². The Hall–Kier alpha value is -3.78. The fourth-order valence-corrected chi connectivity index (χ4v) is 5.65. The second-order valence-electron chi connectivity index (χ2n) is 10.4. The van der Waals surface area contributed by atoms with Crippen molar-refractivity contribution in [3.8, 4) is 17.0 Å². The zero-order valence-corrected chi connectivity index (χ0v) is 22.4. The van der Waals surface area contributed by atoms with Gasteiger partial charge in [-0.15, -0.1) is 0 Å². The van der Waals surface area contributed by atoms with Gasteiger partial charge in [-0.25, -0.2) is 13.2 Å². The van der Waals surface area contributed by atoms with Gasteiger partial charge in [0.15, 0.2) is 17.5 Å². The van der Waals surface area contributed by atoms with Crippen molar-refractivity contribution in [1.29, 1.82) is 0 Å². The molecule has 0 aliphatic carbocycles. The molecule has 1 aromatic heterocycles. The monoisotopic (exact) mass is 615 g/mol. The van der Waals surface area contributed by atoms with E-state index in [0.717, 1.165) is 18.2 Å². The number of hydrogen-bond acceptors (Lipinski definition) is 7. The average molecular weight is 616 g/mol. The number of anilines is 2. The van der Waals surface area contributed by atoms with Crippen LogP contribution in [0.15, 0.2) is 36.4 Å². The maximum atomic E-state index is 14.4. The highest BCUT2D eigenvalue weighted by molar-refractivity contribution is 6.30. The predicted octanol–water partition coefficient (Wildman–Crippen LogP) is 5.51. The lowest BCUT2D eigenvalue weighted by Crippen LogP contribution is -2.41. The number of benzene rings is 2. The number of nitrogen functional groups attached to an aromatic ring is 1. The molecule has 2 fully saturated rings. The second kappa shape index (κ2) is 11.1. The molecule has 1 spiro atoms. The van der Waals surface area contributed by atoms with Gasteiger partial charge in [0.05, 0.1) is 0 Å². The number of carboxylic acids is 1. The van der Waals surface area contributed by atoms with Crippen LogP contribution in [0.5, 0.6) is 5.88 Å². The minimum Gasteiger partial charge on any atom is -0.480 e. The maximum absolute atomic E-state index is 14.4. The molecule has 2 aliphatic rings. The van der Waals surface area contributed by atoms with E-state index in [1.54, 1.807) is 4.90 Å². The van der Waals surface area contributed by atoms with Gasteiger partial charge in [0.25, 0.3) is 0 Å². The summed E-state index contributed by atoms with van der Waals surface area (Å²) < 4.78 is 90.2. The number of nitrogens with one attached hydrogen (secondary N) is 1. The molecule has 5 rings (SSSR count). The van der Waals surface area contributed by atoms with Crippen LogP contribution in [0.4, 0.5) is 38.1 Å². The van der Waals surface area contributed by atoms with Gasteiger partial charge in [-0.2, -0.15) is 23.1 Å². The van der Waals surface area contributed by atoms with Crippen molar-refractivity contribution < 1.29 is 41.0 Å². The molecule has 2 atom stereocenters. The first kappa shape index (κ1) is 29.7. The number of aliphatic carboxylic acids is 1. The summed E-state index contributed by atoms with van der Waals surface area (Å²) in [6.07, 6.45) is -6.03. The topological polar surface area (TPSA) is 114 Å². The van der Waals surface area contributed by atoms with Gasteiger partial charge in [0, 0.05) is 36.3 Å². The molecule has 1 unspecified atom stereocenters. The van der Waals surface area contributed by atoms with Crippen LogP contribution in [0.25, 0.3) is 11.1 Å². The smallest absolute Gasteiger partial charge is 0.429 e. The number of hydrogen-bond donors (Lipinski definition) is 3. The van der Waals surface area contributed by atoms with Crippen molar-refractivity contribution in [3.05, 3.63) is 64.4 Å². The average Bonchev–Trinajstić information content (AvgIpc) is 3.33. The van der Waals surface area contributed by atoms with Gasteiger partial charge < -0.3 is 25.8 Å². The number of aromatic nitrogens is 2. The Kier molecular flexibility index (Phi) is 7.88. The van der Waals surface area contributed by atoms with Gasteiger partial charge in [-0.05, 0) is 60.1 Å². The van der Waals surface area contributed by atoms with Crippen LogP contribution in [-0.4, -0.2) is 52.9 Å². The third-order valence-electron chi connectivity index (χ3n) is 7.64. The predicted molar refractivity (Wildman–Crippen MR) is 141 cm³/mol. The van der Waals surface area contributed by atoms with Gasteiger partial charge >= 0.3 is 12.1 Å². The molecule has 4 N–H and O–H groups in total. The highest BCUT2D eigenvalue weighted by Gasteiger charge is 2.46. The summed E-state index contributed by atoms with van der Waals surface area (Å²) in [5, 5.41) is 12.3. The molecule has 2 aromatic carbocycles. The Bertz CT molecular complexity index is 1490. The van der Waals surface area contributed by atoms with Crippen molar-refractivity contribution in [2.75, 3.05) is 30.3 Å². The van der Waals surface area contributed by atoms with E-state index >= 15 is 0 Å². The van der Waals surface area contributed by atoms with Gasteiger partial charge in [-0.1, -0.05) is 17.7 Å². The number of nitrogens with two attached hydrogens (primary N) is 1. The molecule has 2 saturated heterocycles. The zero-order valence-electron chi connectivity index (χ0n) is 21.7. The molecule has 8 nitrogen and oxygen atoms in total. The number of ether oxygens (including phenoxy) is 1. The molecule has 0 saturated carbocycles. The number of piperidine rings is 1. The summed E-state index contributed by atoms with van der Waals surface area (Å²) in [5.41, 5.74) is 4.32. The van der Waals surface area contributed by atoms with Crippen LogP contribution >= 0.6 is 11.6 Å². The first-order chi connectivity index (χ1) is 19.7. The first-order valence-corrected chi connectivity index (χ1v) is 13.2. The van der Waals surface area contributed by atoms with Crippen LogP contribution in [-0.2, 0) is 4.79 Å². The molecular formula is C27H24ClF6N5O3. The fourth-order valence-electron chi connectivity index (χ4n) is 5.48. The quantitative estimate of drug-likeness (QED) is 0.246. The van der Waals surface area contributed by atoms with Crippen LogP contribution < -0.4 is 20.7 Å².